The summed E-state index contributed by atoms with van der Waals surface area (Å²) in [6.45, 7) is 2.82. The number of nitrogens with zero attached hydrogens (tertiary/aromatic N) is 1. The maximum atomic E-state index is 12.6. The van der Waals surface area contributed by atoms with Crippen LogP contribution in [0.2, 0.25) is 0 Å². The van der Waals surface area contributed by atoms with Crippen molar-refractivity contribution < 1.29 is 23.8 Å². The molecule has 0 fully saturated rings. The molecular weight excluding hydrogens is 288 g/mol. The molecule has 0 aliphatic heterocycles. The number of benzene rings is 1. The fraction of sp³-hybridized carbons (Fsp3) is 0.125. The largest absolute Gasteiger partial charge is 0.310 e. The van der Waals surface area contributed by atoms with Gasteiger partial charge in [-0.25, -0.2) is 4.39 Å². The van der Waals surface area contributed by atoms with Crippen molar-refractivity contribution >= 4 is 35.3 Å². The highest BCUT2D eigenvalue weighted by Crippen LogP contribution is 3.02. The minimum atomic E-state index is -9.84. The normalized spacial score (nSPS) is 15.1. The van der Waals surface area contributed by atoms with E-state index < -0.39 is 26.6 Å². The number of halogens is 6. The molecule has 0 unspecified atom stereocenters. The first-order valence-corrected chi connectivity index (χ1v) is 6.73. The molecule has 1 aromatic rings. The van der Waals surface area contributed by atoms with Crippen molar-refractivity contribution in [1.29, 1.82) is 0 Å². The lowest BCUT2D eigenvalue weighted by Crippen LogP contribution is -2.06. The molecule has 0 spiro atoms. The molecule has 0 aliphatic rings. The molecular formula is C8H9F6NS2. The van der Waals surface area contributed by atoms with Crippen LogP contribution in [-0.2, 0) is 0 Å². The molecule has 0 saturated carbocycles. The molecule has 17 heavy (non-hydrogen) atoms. The maximum absolute atomic E-state index is 12.6. The van der Waals surface area contributed by atoms with Gasteiger partial charge in [0.15, 0.2) is 0 Å². The fourth-order valence-corrected chi connectivity index (χ4v) is 1.54. The quantitative estimate of drug-likeness (QED) is 0.428. The number of rotatable bonds is 2. The smallest absolute Gasteiger partial charge is 0.265 e. The van der Waals surface area contributed by atoms with Crippen molar-refractivity contribution in [2.24, 2.45) is 4.99 Å². The van der Waals surface area contributed by atoms with E-state index in [1.54, 1.807) is 6.26 Å². The standard InChI is InChI=1S/C7H5F6NS.CH4S/c1-14-6-2-5(8)3-7(4-6)15(9,10,11,12)13;1-2/h2-4H,1H2;2H,1H3. The Kier molecular flexibility index (Phi) is 3.92. The average Bonchev–Trinajstić information content (AvgIpc) is 2.16. The van der Waals surface area contributed by atoms with E-state index >= 15 is 0 Å². The van der Waals surface area contributed by atoms with Gasteiger partial charge in [0.05, 0.1) is 5.69 Å². The van der Waals surface area contributed by atoms with Crippen LogP contribution in [0.15, 0.2) is 28.1 Å². The highest BCUT2D eigenvalue weighted by molar-refractivity contribution is 8.45. The minimum Gasteiger partial charge on any atom is -0.265 e. The summed E-state index contributed by atoms with van der Waals surface area (Å²) in [6, 6.07) is 0.355. The number of thiol groups is 1. The van der Waals surface area contributed by atoms with Gasteiger partial charge in [-0.3, -0.25) is 4.99 Å². The highest BCUT2D eigenvalue weighted by Gasteiger charge is 2.65. The van der Waals surface area contributed by atoms with Gasteiger partial charge in [-0.15, -0.1) is 0 Å². The van der Waals surface area contributed by atoms with Crippen molar-refractivity contribution in [3.8, 4) is 0 Å². The van der Waals surface area contributed by atoms with E-state index in [0.717, 1.165) is 0 Å². The Hall–Kier alpha value is -0.830. The van der Waals surface area contributed by atoms with Crippen LogP contribution in [-0.4, -0.2) is 13.0 Å². The van der Waals surface area contributed by atoms with E-state index in [4.69, 9.17) is 0 Å². The van der Waals surface area contributed by atoms with Gasteiger partial charge in [-0.05, 0) is 31.2 Å². The molecule has 0 aromatic heterocycles. The Bertz CT molecular complexity index is 426. The van der Waals surface area contributed by atoms with Crippen LogP contribution in [0.3, 0.4) is 0 Å². The minimum absolute atomic E-state index is 0.0532. The molecule has 0 bridgehead atoms. The average molecular weight is 297 g/mol. The van der Waals surface area contributed by atoms with Gasteiger partial charge < -0.3 is 0 Å². The molecule has 0 aliphatic carbocycles. The molecule has 0 radical (unpaired) electrons. The second-order valence-corrected chi connectivity index (χ2v) is 5.18. The van der Waals surface area contributed by atoms with Gasteiger partial charge >= 0.3 is 10.2 Å². The zero-order valence-corrected chi connectivity index (χ0v) is 10.2. The zero-order valence-electron chi connectivity index (χ0n) is 8.51. The lowest BCUT2D eigenvalue weighted by Gasteiger charge is -2.40. The van der Waals surface area contributed by atoms with Crippen LogP contribution in [0.1, 0.15) is 0 Å². The third-order valence-corrected chi connectivity index (χ3v) is 2.61. The van der Waals surface area contributed by atoms with E-state index in [9.17, 15) is 23.8 Å². The molecule has 0 saturated heterocycles. The molecule has 9 heteroatoms. The number of aliphatic imine (C=N–C) groups is 1. The molecule has 1 nitrogen and oxygen atoms in total. The highest BCUT2D eigenvalue weighted by atomic mass is 32.5. The monoisotopic (exact) mass is 297 g/mol. The summed E-state index contributed by atoms with van der Waals surface area (Å²) < 4.78 is 73.7. The van der Waals surface area contributed by atoms with E-state index in [0.29, 0.717) is 6.07 Å². The zero-order chi connectivity index (χ0) is 14.0. The number of hydrogen-bond acceptors (Lipinski definition) is 2. The molecule has 100 valence electrons. The van der Waals surface area contributed by atoms with Crippen molar-refractivity contribution in [3.63, 3.8) is 0 Å². The Morgan fingerprint density at radius 1 is 1.06 bits per heavy atom. The topological polar surface area (TPSA) is 12.4 Å². The van der Waals surface area contributed by atoms with Crippen LogP contribution in [0, 0.1) is 5.82 Å². The fourth-order valence-electron chi connectivity index (χ4n) is 0.862. The van der Waals surface area contributed by atoms with Crippen molar-refractivity contribution in [3.05, 3.63) is 24.0 Å². The maximum Gasteiger partial charge on any atom is 0.310 e. The van der Waals surface area contributed by atoms with Crippen molar-refractivity contribution in [1.82, 2.24) is 0 Å². The van der Waals surface area contributed by atoms with Crippen LogP contribution >= 0.6 is 22.9 Å². The predicted molar refractivity (Wildman–Crippen MR) is 61.9 cm³/mol. The van der Waals surface area contributed by atoms with E-state index in [2.05, 4.69) is 24.3 Å². The summed E-state index contributed by atoms with van der Waals surface area (Å²) >= 11 is 3.53. The van der Waals surface area contributed by atoms with Crippen LogP contribution < -0.4 is 0 Å². The van der Waals surface area contributed by atoms with E-state index in [1.165, 1.54) is 0 Å². The van der Waals surface area contributed by atoms with Crippen LogP contribution in [0.25, 0.3) is 0 Å². The Labute approximate surface area is 99.7 Å². The molecule has 0 N–H and O–H groups in total. The summed E-state index contributed by atoms with van der Waals surface area (Å²) in [5.74, 6) is -1.44. The molecule has 0 heterocycles. The second-order valence-electron chi connectivity index (χ2n) is 2.77. The van der Waals surface area contributed by atoms with Gasteiger partial charge in [0.2, 0.25) is 0 Å². The Balaban J connectivity index is 0.00000121. The van der Waals surface area contributed by atoms with Gasteiger partial charge in [-0.1, -0.05) is 19.4 Å². The Morgan fingerprint density at radius 3 is 1.88 bits per heavy atom. The number of hydrogen-bond donors (Lipinski definition) is 1. The summed E-state index contributed by atoms with van der Waals surface area (Å²) in [6.07, 6.45) is 1.69. The summed E-state index contributed by atoms with van der Waals surface area (Å²) in [5, 5.41) is 0. The lowest BCUT2D eigenvalue weighted by molar-refractivity contribution is 0.363. The molecule has 0 atom stereocenters. The lowest BCUT2D eigenvalue weighted by atomic mass is 10.3. The first kappa shape index (κ1) is 16.2. The summed E-state index contributed by atoms with van der Waals surface area (Å²) in [4.78, 5) is 0.655. The van der Waals surface area contributed by atoms with E-state index in [1.807, 2.05) is 0 Å². The second kappa shape index (κ2) is 4.13. The van der Waals surface area contributed by atoms with Crippen molar-refractivity contribution in [2.75, 3.05) is 6.26 Å². The van der Waals surface area contributed by atoms with Gasteiger partial charge in [0.1, 0.15) is 10.7 Å². The Morgan fingerprint density at radius 2 is 1.53 bits per heavy atom. The van der Waals surface area contributed by atoms with Gasteiger partial charge in [0.25, 0.3) is 0 Å². The third kappa shape index (κ3) is 4.90. The van der Waals surface area contributed by atoms with Crippen LogP contribution in [0.5, 0.6) is 0 Å². The van der Waals surface area contributed by atoms with Crippen LogP contribution in [0.4, 0.5) is 29.5 Å². The van der Waals surface area contributed by atoms with Crippen molar-refractivity contribution in [2.45, 2.75) is 4.90 Å². The molecule has 1 rings (SSSR count). The first-order valence-electron chi connectivity index (χ1n) is 3.88. The third-order valence-electron chi connectivity index (χ3n) is 1.48. The molecule has 1 aromatic carbocycles. The predicted octanol–water partition coefficient (Wildman–Crippen LogP) is 5.36. The molecule has 0 amide bonds. The van der Waals surface area contributed by atoms with Gasteiger partial charge in [0, 0.05) is 0 Å². The summed E-state index contributed by atoms with van der Waals surface area (Å²) in [5.41, 5.74) is -0.599. The van der Waals surface area contributed by atoms with E-state index in [-0.39, 0.29) is 12.1 Å². The van der Waals surface area contributed by atoms with Gasteiger partial charge in [-0.2, -0.15) is 12.6 Å². The summed E-state index contributed by atoms with van der Waals surface area (Å²) in [7, 11) is -9.84. The first-order chi connectivity index (χ1) is 7.42. The SMILES string of the molecule is C=Nc1cc(F)cc(S(F)(F)(F)(F)F)c1.CS.